The number of hydrogen-bond acceptors (Lipinski definition) is 5. The van der Waals surface area contributed by atoms with E-state index in [1.54, 1.807) is 11.0 Å². The number of allylic oxidation sites excluding steroid dienone is 3. The average molecular weight is 500 g/mol. The standard InChI is InChI=1S/C19H18F6N2O3S2/c20-18(21,22)17(28,19(23,24)25)13-4-6-14(7-5-13)26-8-10-27(11-9-26)32(29,30)16-3-1-2-15(31)12-16/h1,3-7,12,28H,2,8-11H2. The summed E-state index contributed by atoms with van der Waals surface area (Å²) in [6.45, 7) is 0.472. The van der Waals surface area contributed by atoms with Crippen LogP contribution in [0.5, 0.6) is 0 Å². The Balaban J connectivity index is 1.74. The van der Waals surface area contributed by atoms with Gasteiger partial charge in [-0.2, -0.15) is 30.6 Å². The summed E-state index contributed by atoms with van der Waals surface area (Å²) in [4.78, 5) is 2.19. The maximum Gasteiger partial charge on any atom is 0.430 e. The van der Waals surface area contributed by atoms with Crippen LogP contribution in [0.4, 0.5) is 32.0 Å². The predicted molar refractivity (Wildman–Crippen MR) is 110 cm³/mol. The van der Waals surface area contributed by atoms with Crippen LogP contribution in [0.1, 0.15) is 12.0 Å². The van der Waals surface area contributed by atoms with Crippen molar-refractivity contribution in [3.8, 4) is 0 Å². The summed E-state index contributed by atoms with van der Waals surface area (Å²) < 4.78 is 105. The number of alkyl halides is 6. The molecule has 0 bridgehead atoms. The van der Waals surface area contributed by atoms with Crippen molar-refractivity contribution in [1.82, 2.24) is 4.31 Å². The van der Waals surface area contributed by atoms with Crippen molar-refractivity contribution in [2.45, 2.75) is 24.4 Å². The van der Waals surface area contributed by atoms with E-state index in [1.807, 2.05) is 0 Å². The molecule has 1 aromatic carbocycles. The number of rotatable bonds is 4. The molecular weight excluding hydrogens is 482 g/mol. The molecule has 1 aliphatic carbocycles. The van der Waals surface area contributed by atoms with E-state index < -0.39 is 33.5 Å². The second kappa shape index (κ2) is 8.43. The molecule has 1 fully saturated rings. The lowest BCUT2D eigenvalue weighted by Gasteiger charge is -2.36. The zero-order valence-electron chi connectivity index (χ0n) is 16.3. The van der Waals surface area contributed by atoms with Gasteiger partial charge in [0.15, 0.2) is 0 Å². The number of hydrogen-bond donors (Lipinski definition) is 1. The highest BCUT2D eigenvalue weighted by molar-refractivity contribution is 7.93. The normalized spacial score (nSPS) is 19.3. The molecule has 5 nitrogen and oxygen atoms in total. The summed E-state index contributed by atoms with van der Waals surface area (Å²) in [6, 6.07) is 3.20. The average Bonchev–Trinajstić information content (AvgIpc) is 2.72. The minimum Gasteiger partial charge on any atom is -0.369 e. The molecule has 0 amide bonds. The monoisotopic (exact) mass is 500 g/mol. The second-order valence-corrected chi connectivity index (χ2v) is 9.73. The van der Waals surface area contributed by atoms with Gasteiger partial charge in [-0.15, -0.1) is 0 Å². The molecule has 1 heterocycles. The van der Waals surface area contributed by atoms with Crippen molar-refractivity contribution in [3.05, 3.63) is 53.0 Å². The minimum atomic E-state index is -5.96. The molecule has 0 aromatic heterocycles. The third-order valence-corrected chi connectivity index (χ3v) is 7.43. The van der Waals surface area contributed by atoms with E-state index in [1.165, 1.54) is 16.5 Å². The van der Waals surface area contributed by atoms with Crippen LogP contribution < -0.4 is 4.90 Å². The van der Waals surface area contributed by atoms with Crippen LogP contribution in [0.25, 0.3) is 0 Å². The summed E-state index contributed by atoms with van der Waals surface area (Å²) in [5.74, 6) is 0. The van der Waals surface area contributed by atoms with Crippen molar-refractivity contribution >= 4 is 32.8 Å². The fourth-order valence-corrected chi connectivity index (χ4v) is 5.25. The van der Waals surface area contributed by atoms with Crippen LogP contribution in [-0.2, 0) is 15.6 Å². The van der Waals surface area contributed by atoms with Crippen molar-refractivity contribution in [2.75, 3.05) is 31.1 Å². The molecule has 0 unspecified atom stereocenters. The lowest BCUT2D eigenvalue weighted by molar-refractivity contribution is -0.376. The van der Waals surface area contributed by atoms with Crippen LogP contribution in [0.2, 0.25) is 0 Å². The van der Waals surface area contributed by atoms with Gasteiger partial charge < -0.3 is 10.0 Å². The van der Waals surface area contributed by atoms with Crippen LogP contribution >= 0.6 is 12.2 Å². The summed E-state index contributed by atoms with van der Waals surface area (Å²) in [6.07, 6.45) is -6.91. The molecule has 176 valence electrons. The Morgan fingerprint density at radius 1 is 0.906 bits per heavy atom. The van der Waals surface area contributed by atoms with Crippen molar-refractivity contribution < 1.29 is 39.9 Å². The first kappa shape index (κ1) is 24.7. The molecule has 0 saturated carbocycles. The van der Waals surface area contributed by atoms with Gasteiger partial charge in [-0.05, 0) is 24.3 Å². The zero-order valence-corrected chi connectivity index (χ0v) is 18.0. The molecule has 1 N–H and O–H groups in total. The Morgan fingerprint density at radius 3 is 1.91 bits per heavy atom. The molecule has 0 spiro atoms. The second-order valence-electron chi connectivity index (χ2n) is 7.26. The minimum absolute atomic E-state index is 0.0665. The number of thiocarbonyl (C=S) groups is 1. The Hall–Kier alpha value is -1.96. The lowest BCUT2D eigenvalue weighted by atomic mass is 9.92. The summed E-state index contributed by atoms with van der Waals surface area (Å²) in [5, 5.41) is 9.47. The van der Waals surface area contributed by atoms with Gasteiger partial charge >= 0.3 is 12.4 Å². The SMILES string of the molecule is O=S(=O)(C1=CC(=S)CC=C1)N1CCN(c2ccc(C(O)(C(F)(F)F)C(F)(F)F)cc2)CC1. The summed E-state index contributed by atoms with van der Waals surface area (Å²) in [5.41, 5.74) is -6.04. The van der Waals surface area contributed by atoms with Gasteiger partial charge in [0.2, 0.25) is 10.0 Å². The molecule has 32 heavy (non-hydrogen) atoms. The Labute approximate surface area is 185 Å². The first-order valence-corrected chi connectivity index (χ1v) is 11.2. The number of halogens is 6. The van der Waals surface area contributed by atoms with Gasteiger partial charge in [-0.1, -0.05) is 30.4 Å². The molecule has 13 heteroatoms. The molecule has 1 aromatic rings. The maximum absolute atomic E-state index is 13.0. The van der Waals surface area contributed by atoms with E-state index in [2.05, 4.69) is 0 Å². The number of benzene rings is 1. The van der Waals surface area contributed by atoms with E-state index in [4.69, 9.17) is 12.2 Å². The zero-order chi connectivity index (χ0) is 23.9. The first-order chi connectivity index (χ1) is 14.7. The summed E-state index contributed by atoms with van der Waals surface area (Å²) >= 11 is 5.04. The number of anilines is 1. The van der Waals surface area contributed by atoms with Gasteiger partial charge in [0, 0.05) is 48.7 Å². The molecule has 1 saturated heterocycles. The molecule has 0 atom stereocenters. The van der Waals surface area contributed by atoms with Crippen LogP contribution in [-0.4, -0.2) is 61.2 Å². The third kappa shape index (κ3) is 4.43. The quantitative estimate of drug-likeness (QED) is 0.505. The van der Waals surface area contributed by atoms with Crippen molar-refractivity contribution in [1.29, 1.82) is 0 Å². The van der Waals surface area contributed by atoms with Gasteiger partial charge in [-0.3, -0.25) is 0 Å². The molecular formula is C19H18F6N2O3S2. The van der Waals surface area contributed by atoms with E-state index >= 15 is 0 Å². The van der Waals surface area contributed by atoms with Crippen LogP contribution in [0.3, 0.4) is 0 Å². The van der Waals surface area contributed by atoms with Gasteiger partial charge in [0.05, 0.1) is 4.91 Å². The Bertz CT molecular complexity index is 1020. The Morgan fingerprint density at radius 2 is 1.44 bits per heavy atom. The van der Waals surface area contributed by atoms with E-state index in [-0.39, 0.29) is 31.1 Å². The smallest absolute Gasteiger partial charge is 0.369 e. The van der Waals surface area contributed by atoms with Gasteiger partial charge in [-0.25, -0.2) is 8.42 Å². The number of sulfonamides is 1. The number of aliphatic hydroxyl groups is 1. The van der Waals surface area contributed by atoms with Crippen molar-refractivity contribution in [3.63, 3.8) is 0 Å². The number of piperazine rings is 1. The van der Waals surface area contributed by atoms with Crippen molar-refractivity contribution in [2.24, 2.45) is 0 Å². The number of nitrogens with zero attached hydrogens (tertiary/aromatic N) is 2. The van der Waals surface area contributed by atoms with Gasteiger partial charge in [0.1, 0.15) is 0 Å². The fourth-order valence-electron chi connectivity index (χ4n) is 3.45. The topological polar surface area (TPSA) is 60.9 Å². The highest BCUT2D eigenvalue weighted by Gasteiger charge is 2.71. The van der Waals surface area contributed by atoms with Crippen LogP contribution in [0.15, 0.2) is 47.4 Å². The molecule has 2 aliphatic rings. The predicted octanol–water partition coefficient (Wildman–Crippen LogP) is 3.66. The molecule has 0 radical (unpaired) electrons. The largest absolute Gasteiger partial charge is 0.430 e. The van der Waals surface area contributed by atoms with E-state index in [9.17, 15) is 39.9 Å². The van der Waals surface area contributed by atoms with E-state index in [0.29, 0.717) is 29.1 Å². The molecule has 3 rings (SSSR count). The Kier molecular flexibility index (Phi) is 6.50. The van der Waals surface area contributed by atoms with Crippen LogP contribution in [0, 0.1) is 0 Å². The lowest BCUT2D eigenvalue weighted by Crippen LogP contribution is -2.54. The highest BCUT2D eigenvalue weighted by Crippen LogP contribution is 2.50. The third-order valence-electron chi connectivity index (χ3n) is 5.25. The summed E-state index contributed by atoms with van der Waals surface area (Å²) in [7, 11) is -3.77. The fraction of sp³-hybridized carbons (Fsp3) is 0.421. The maximum atomic E-state index is 13.0. The van der Waals surface area contributed by atoms with E-state index in [0.717, 1.165) is 12.1 Å². The first-order valence-electron chi connectivity index (χ1n) is 9.30. The highest BCUT2D eigenvalue weighted by atomic mass is 32.2. The van der Waals surface area contributed by atoms with Gasteiger partial charge in [0.25, 0.3) is 5.60 Å². The molecule has 1 aliphatic heterocycles.